The van der Waals surface area contributed by atoms with E-state index in [1.165, 1.54) is 22.3 Å². The van der Waals surface area contributed by atoms with Gasteiger partial charge in [-0.05, 0) is 91.9 Å². The van der Waals surface area contributed by atoms with Crippen molar-refractivity contribution in [3.05, 3.63) is 70.8 Å². The summed E-state index contributed by atoms with van der Waals surface area (Å²) in [5.41, 5.74) is 5.23. The zero-order valence-corrected chi connectivity index (χ0v) is 21.2. The molecule has 0 aromatic heterocycles. The highest BCUT2D eigenvalue weighted by molar-refractivity contribution is 5.75. The predicted molar refractivity (Wildman–Crippen MR) is 143 cm³/mol. The molecule has 0 bridgehead atoms. The first-order valence-electron chi connectivity index (χ1n) is 13.9. The maximum atomic E-state index is 12.6. The summed E-state index contributed by atoms with van der Waals surface area (Å²) >= 11 is 0. The van der Waals surface area contributed by atoms with Gasteiger partial charge in [0.05, 0.1) is 12.1 Å². The van der Waals surface area contributed by atoms with Crippen LogP contribution in [0, 0.1) is 11.8 Å². The molecule has 0 aliphatic heterocycles. The zero-order valence-electron chi connectivity index (χ0n) is 21.2. The average molecular weight is 489 g/mol. The highest BCUT2D eigenvalue weighted by Crippen LogP contribution is 2.31. The number of benzene rings is 2. The lowest BCUT2D eigenvalue weighted by atomic mass is 9.81. The van der Waals surface area contributed by atoms with E-state index in [0.29, 0.717) is 24.9 Å². The summed E-state index contributed by atoms with van der Waals surface area (Å²) in [5, 5.41) is 12.7. The van der Waals surface area contributed by atoms with Crippen LogP contribution in [0.2, 0.25) is 0 Å². The van der Waals surface area contributed by atoms with E-state index in [9.17, 15) is 9.59 Å². The van der Waals surface area contributed by atoms with E-state index in [4.69, 9.17) is 0 Å². The van der Waals surface area contributed by atoms with Gasteiger partial charge in [0.2, 0.25) is 0 Å². The number of hydrogen-bond acceptors (Lipinski definition) is 2. The van der Waals surface area contributed by atoms with Crippen molar-refractivity contribution in [2.75, 3.05) is 13.1 Å². The van der Waals surface area contributed by atoms with Gasteiger partial charge in [-0.25, -0.2) is 9.59 Å². The maximum Gasteiger partial charge on any atom is 0.315 e. The largest absolute Gasteiger partial charge is 0.338 e. The third-order valence-corrected chi connectivity index (χ3v) is 8.34. The average Bonchev–Trinajstić information content (AvgIpc) is 2.91. The van der Waals surface area contributed by atoms with Gasteiger partial charge in [0.1, 0.15) is 0 Å². The highest BCUT2D eigenvalue weighted by atomic mass is 16.2. The lowest BCUT2D eigenvalue weighted by Crippen LogP contribution is -2.43. The minimum absolute atomic E-state index is 0.0657. The number of hydrogen-bond donors (Lipinski definition) is 4. The summed E-state index contributed by atoms with van der Waals surface area (Å²) in [6.45, 7) is 1.39. The van der Waals surface area contributed by atoms with Crippen LogP contribution in [0.4, 0.5) is 9.59 Å². The second-order valence-corrected chi connectivity index (χ2v) is 10.9. The van der Waals surface area contributed by atoms with Crippen molar-refractivity contribution >= 4 is 12.1 Å². The minimum atomic E-state index is -0.0657. The van der Waals surface area contributed by atoms with Crippen molar-refractivity contribution in [2.24, 2.45) is 11.8 Å². The van der Waals surface area contributed by atoms with E-state index < -0.39 is 0 Å². The molecule has 3 aliphatic rings. The second-order valence-electron chi connectivity index (χ2n) is 10.9. The Bertz CT molecular complexity index is 973. The molecule has 2 aromatic carbocycles. The van der Waals surface area contributed by atoms with Gasteiger partial charge in [0, 0.05) is 13.1 Å². The topological polar surface area (TPSA) is 82.3 Å². The minimum Gasteiger partial charge on any atom is -0.338 e. The van der Waals surface area contributed by atoms with E-state index in [1.54, 1.807) is 0 Å². The van der Waals surface area contributed by atoms with Gasteiger partial charge in [0.25, 0.3) is 0 Å². The Morgan fingerprint density at radius 1 is 0.639 bits per heavy atom. The Hall–Kier alpha value is -3.02. The first kappa shape index (κ1) is 24.7. The molecule has 5 rings (SSSR count). The molecular weight excluding hydrogens is 448 g/mol. The van der Waals surface area contributed by atoms with Crippen molar-refractivity contribution in [3.63, 3.8) is 0 Å². The van der Waals surface area contributed by atoms with Crippen molar-refractivity contribution in [2.45, 2.75) is 76.3 Å². The third-order valence-electron chi connectivity index (χ3n) is 8.34. The summed E-state index contributed by atoms with van der Waals surface area (Å²) < 4.78 is 0. The summed E-state index contributed by atoms with van der Waals surface area (Å²) in [5.74, 6) is 0.923. The van der Waals surface area contributed by atoms with Gasteiger partial charge in [-0.3, -0.25) is 0 Å². The molecule has 4 atom stereocenters. The molecule has 0 spiro atoms. The lowest BCUT2D eigenvalue weighted by molar-refractivity contribution is 0.217. The Kier molecular flexibility index (Phi) is 8.09. The molecule has 4 N–H and O–H groups in total. The fourth-order valence-corrected chi connectivity index (χ4v) is 6.47. The summed E-state index contributed by atoms with van der Waals surface area (Å²) in [7, 11) is 0. The number of carbonyl (C=O) groups is 2. The molecule has 2 aromatic rings. The third kappa shape index (κ3) is 6.21. The smallest absolute Gasteiger partial charge is 0.315 e. The summed E-state index contributed by atoms with van der Waals surface area (Å²) in [4.78, 5) is 25.3. The van der Waals surface area contributed by atoms with Crippen LogP contribution in [0.15, 0.2) is 48.5 Å². The van der Waals surface area contributed by atoms with E-state index >= 15 is 0 Å². The van der Waals surface area contributed by atoms with E-state index in [1.807, 2.05) is 0 Å². The molecule has 6 nitrogen and oxygen atoms in total. The molecule has 1 saturated carbocycles. The van der Waals surface area contributed by atoms with E-state index in [2.05, 4.69) is 69.8 Å². The summed E-state index contributed by atoms with van der Waals surface area (Å²) in [6, 6.07) is 17.0. The zero-order chi connectivity index (χ0) is 24.7. The molecule has 0 heterocycles. The monoisotopic (exact) mass is 488 g/mol. The fraction of sp³-hybridized carbons (Fsp3) is 0.533. The van der Waals surface area contributed by atoms with Crippen LogP contribution in [-0.2, 0) is 12.8 Å². The molecule has 3 aliphatic carbocycles. The molecule has 36 heavy (non-hydrogen) atoms. The van der Waals surface area contributed by atoms with Crippen molar-refractivity contribution in [1.82, 2.24) is 21.3 Å². The number of carbonyl (C=O) groups excluding carboxylic acids is 2. The van der Waals surface area contributed by atoms with Crippen LogP contribution in [0.1, 0.15) is 85.7 Å². The Morgan fingerprint density at radius 2 is 1.11 bits per heavy atom. The number of rotatable bonds is 6. The first-order chi connectivity index (χ1) is 17.7. The SMILES string of the molecule is O=C(NC[C@@H]1CCC[C@H](CNC(=O)N[C@@H]2CCCc3ccccc32)C1)N[C@H]1CCCc2ccccc21. The molecule has 0 saturated heterocycles. The number of amides is 4. The molecular formula is C30H40N4O2. The normalized spacial score (nSPS) is 25.1. The van der Waals surface area contributed by atoms with Gasteiger partial charge < -0.3 is 21.3 Å². The predicted octanol–water partition coefficient (Wildman–Crippen LogP) is 5.55. The van der Waals surface area contributed by atoms with Gasteiger partial charge in [-0.2, -0.15) is 0 Å². The second kappa shape index (κ2) is 11.8. The molecule has 4 amide bonds. The number of nitrogens with one attached hydrogen (secondary N) is 4. The van der Waals surface area contributed by atoms with Crippen LogP contribution in [0.25, 0.3) is 0 Å². The number of fused-ring (bicyclic) bond motifs is 2. The summed E-state index contributed by atoms with van der Waals surface area (Å²) in [6.07, 6.45) is 10.9. The maximum absolute atomic E-state index is 12.6. The quantitative estimate of drug-likeness (QED) is 0.430. The lowest BCUT2D eigenvalue weighted by Gasteiger charge is -2.31. The molecule has 0 unspecified atom stereocenters. The number of aryl methyl sites for hydroxylation is 2. The highest BCUT2D eigenvalue weighted by Gasteiger charge is 2.26. The van der Waals surface area contributed by atoms with Gasteiger partial charge in [-0.1, -0.05) is 55.0 Å². The van der Waals surface area contributed by atoms with E-state index in [0.717, 1.165) is 64.2 Å². The van der Waals surface area contributed by atoms with Crippen LogP contribution >= 0.6 is 0 Å². The van der Waals surface area contributed by atoms with E-state index in [-0.39, 0.29) is 24.1 Å². The molecule has 1 fully saturated rings. The molecule has 0 radical (unpaired) electrons. The Labute approximate surface area is 215 Å². The molecule has 6 heteroatoms. The van der Waals surface area contributed by atoms with Crippen LogP contribution in [0.5, 0.6) is 0 Å². The molecule has 192 valence electrons. The number of urea groups is 2. The van der Waals surface area contributed by atoms with Crippen molar-refractivity contribution in [1.29, 1.82) is 0 Å². The standard InChI is InChI=1S/C30H40N4O2/c35-29(33-27-16-6-12-23-10-1-3-14-25(23)27)31-19-21-8-5-9-22(18-21)20-32-30(36)34-28-17-7-13-24-11-2-4-15-26(24)28/h1-4,10-11,14-15,21-22,27-28H,5-9,12-13,16-20H2,(H2,31,33,35)(H2,32,34,36)/t21-,22+,27+,28-. The van der Waals surface area contributed by atoms with Crippen molar-refractivity contribution in [3.8, 4) is 0 Å². The van der Waals surface area contributed by atoms with Crippen LogP contribution in [0.3, 0.4) is 0 Å². The van der Waals surface area contributed by atoms with Gasteiger partial charge in [0.15, 0.2) is 0 Å². The fourth-order valence-electron chi connectivity index (χ4n) is 6.47. The van der Waals surface area contributed by atoms with Crippen molar-refractivity contribution < 1.29 is 9.59 Å². The van der Waals surface area contributed by atoms with Crippen LogP contribution < -0.4 is 21.3 Å². The Balaban J connectivity index is 1.03. The van der Waals surface area contributed by atoms with Gasteiger partial charge in [-0.15, -0.1) is 0 Å². The van der Waals surface area contributed by atoms with Crippen LogP contribution in [-0.4, -0.2) is 25.2 Å². The first-order valence-corrected chi connectivity index (χ1v) is 13.9. The Morgan fingerprint density at radius 3 is 1.61 bits per heavy atom. The van der Waals surface area contributed by atoms with Gasteiger partial charge >= 0.3 is 12.1 Å².